The van der Waals surface area contributed by atoms with Gasteiger partial charge in [-0.2, -0.15) is 0 Å². The number of rotatable bonds is 1. The Hall–Kier alpha value is -0.810. The highest BCUT2D eigenvalue weighted by molar-refractivity contribution is 5.78. The lowest BCUT2D eigenvalue weighted by Gasteiger charge is -2.40. The molecule has 0 radical (unpaired) electrons. The normalized spacial score (nSPS) is 36.0. The highest BCUT2D eigenvalue weighted by atomic mass is 16.5. The van der Waals surface area contributed by atoms with Crippen LogP contribution in [0.2, 0.25) is 0 Å². The SMILES string of the molecule is O=C1NC[C@]2(CCOC2)N1C1CCNCC1. The average Bonchev–Trinajstić information content (AvgIpc) is 2.90. The molecule has 0 aromatic carbocycles. The zero-order chi connectivity index (χ0) is 11.0. The van der Waals surface area contributed by atoms with Gasteiger partial charge in [-0.05, 0) is 32.4 Å². The van der Waals surface area contributed by atoms with E-state index in [0.717, 1.165) is 45.5 Å². The quantitative estimate of drug-likeness (QED) is 0.656. The van der Waals surface area contributed by atoms with E-state index in [1.54, 1.807) is 0 Å². The minimum Gasteiger partial charge on any atom is -0.379 e. The minimum absolute atomic E-state index is 0.0426. The predicted molar refractivity (Wildman–Crippen MR) is 59.3 cm³/mol. The van der Waals surface area contributed by atoms with Gasteiger partial charge in [0, 0.05) is 19.2 Å². The van der Waals surface area contributed by atoms with E-state index in [1.165, 1.54) is 0 Å². The second kappa shape index (κ2) is 3.89. The van der Waals surface area contributed by atoms with Gasteiger partial charge in [0.15, 0.2) is 0 Å². The van der Waals surface area contributed by atoms with Gasteiger partial charge in [-0.15, -0.1) is 0 Å². The first-order valence-electron chi connectivity index (χ1n) is 6.17. The second-order valence-corrected chi connectivity index (χ2v) is 5.04. The first kappa shape index (κ1) is 10.4. The molecule has 0 aromatic heterocycles. The minimum atomic E-state index is -0.0426. The summed E-state index contributed by atoms with van der Waals surface area (Å²) in [5, 5.41) is 6.33. The third-order valence-electron chi connectivity index (χ3n) is 4.05. The molecule has 1 atom stereocenters. The lowest BCUT2D eigenvalue weighted by molar-refractivity contribution is 0.0807. The molecule has 0 aromatic rings. The van der Waals surface area contributed by atoms with Crippen LogP contribution in [0, 0.1) is 0 Å². The molecule has 3 saturated heterocycles. The van der Waals surface area contributed by atoms with Crippen LogP contribution in [0.3, 0.4) is 0 Å². The van der Waals surface area contributed by atoms with Crippen LogP contribution < -0.4 is 10.6 Å². The molecule has 5 nitrogen and oxygen atoms in total. The summed E-state index contributed by atoms with van der Waals surface area (Å²) in [7, 11) is 0. The van der Waals surface area contributed by atoms with E-state index in [9.17, 15) is 4.79 Å². The van der Waals surface area contributed by atoms with Crippen LogP contribution in [0.15, 0.2) is 0 Å². The smallest absolute Gasteiger partial charge is 0.318 e. The van der Waals surface area contributed by atoms with Crippen molar-refractivity contribution in [1.82, 2.24) is 15.5 Å². The van der Waals surface area contributed by atoms with Crippen LogP contribution in [0.1, 0.15) is 19.3 Å². The summed E-state index contributed by atoms with van der Waals surface area (Å²) in [6.45, 7) is 4.29. The molecule has 2 N–H and O–H groups in total. The van der Waals surface area contributed by atoms with Gasteiger partial charge in [-0.3, -0.25) is 0 Å². The molecular formula is C11H19N3O2. The van der Waals surface area contributed by atoms with E-state index in [4.69, 9.17) is 4.74 Å². The number of carbonyl (C=O) groups is 1. The molecule has 3 heterocycles. The van der Waals surface area contributed by atoms with E-state index in [2.05, 4.69) is 15.5 Å². The number of piperidine rings is 1. The largest absolute Gasteiger partial charge is 0.379 e. The predicted octanol–water partition coefficient (Wildman–Crippen LogP) is -0.0773. The maximum atomic E-state index is 12.0. The summed E-state index contributed by atoms with van der Waals surface area (Å²) in [5.74, 6) is 0. The number of hydrogen-bond acceptors (Lipinski definition) is 3. The molecule has 2 amide bonds. The molecular weight excluding hydrogens is 206 g/mol. The molecule has 0 aliphatic carbocycles. The van der Waals surface area contributed by atoms with Crippen molar-refractivity contribution in [2.45, 2.75) is 30.8 Å². The maximum absolute atomic E-state index is 12.0. The number of urea groups is 1. The average molecular weight is 225 g/mol. The summed E-state index contributed by atoms with van der Waals surface area (Å²) in [5.41, 5.74) is -0.0426. The molecule has 3 aliphatic rings. The standard InChI is InChI=1S/C11H19N3O2/c15-10-13-7-11(3-6-16-8-11)14(10)9-1-4-12-5-2-9/h9,12H,1-8H2,(H,13,15)/t11-/m0/s1. The first-order valence-corrected chi connectivity index (χ1v) is 6.17. The van der Waals surface area contributed by atoms with Gasteiger partial charge in [0.1, 0.15) is 0 Å². The maximum Gasteiger partial charge on any atom is 0.318 e. The van der Waals surface area contributed by atoms with Crippen LogP contribution in [-0.4, -0.2) is 55.4 Å². The van der Waals surface area contributed by atoms with Crippen molar-refractivity contribution in [3.8, 4) is 0 Å². The van der Waals surface area contributed by atoms with Crippen LogP contribution in [0.25, 0.3) is 0 Å². The Morgan fingerprint density at radius 3 is 2.88 bits per heavy atom. The van der Waals surface area contributed by atoms with Crippen LogP contribution in [0.4, 0.5) is 4.79 Å². The Morgan fingerprint density at radius 1 is 1.38 bits per heavy atom. The molecule has 3 rings (SSSR count). The van der Waals surface area contributed by atoms with Crippen molar-refractivity contribution in [2.24, 2.45) is 0 Å². The topological polar surface area (TPSA) is 53.6 Å². The fraction of sp³-hybridized carbons (Fsp3) is 0.909. The Labute approximate surface area is 95.5 Å². The summed E-state index contributed by atoms with van der Waals surface area (Å²) in [6, 6.07) is 0.503. The number of nitrogens with one attached hydrogen (secondary N) is 2. The third kappa shape index (κ3) is 1.50. The van der Waals surface area contributed by atoms with E-state index in [1.807, 2.05) is 0 Å². The molecule has 0 unspecified atom stereocenters. The van der Waals surface area contributed by atoms with E-state index in [0.29, 0.717) is 12.6 Å². The van der Waals surface area contributed by atoms with Gasteiger partial charge in [0.05, 0.1) is 12.1 Å². The van der Waals surface area contributed by atoms with Crippen LogP contribution in [0.5, 0.6) is 0 Å². The van der Waals surface area contributed by atoms with Crippen molar-refractivity contribution in [3.05, 3.63) is 0 Å². The van der Waals surface area contributed by atoms with Crippen molar-refractivity contribution >= 4 is 6.03 Å². The lowest BCUT2D eigenvalue weighted by atomic mass is 9.93. The molecule has 3 fully saturated rings. The first-order chi connectivity index (χ1) is 7.82. The summed E-state index contributed by atoms with van der Waals surface area (Å²) in [6.07, 6.45) is 3.11. The summed E-state index contributed by atoms with van der Waals surface area (Å²) >= 11 is 0. The lowest BCUT2D eigenvalue weighted by Crippen LogP contribution is -2.55. The van der Waals surface area contributed by atoms with Gasteiger partial charge >= 0.3 is 6.03 Å². The zero-order valence-electron chi connectivity index (χ0n) is 9.50. The van der Waals surface area contributed by atoms with E-state index in [-0.39, 0.29) is 11.6 Å². The Bertz CT molecular complexity index is 283. The van der Waals surface area contributed by atoms with Gasteiger partial charge in [-0.1, -0.05) is 0 Å². The van der Waals surface area contributed by atoms with Crippen molar-refractivity contribution in [2.75, 3.05) is 32.8 Å². The van der Waals surface area contributed by atoms with Gasteiger partial charge in [0.25, 0.3) is 0 Å². The molecule has 1 spiro atoms. The molecule has 16 heavy (non-hydrogen) atoms. The van der Waals surface area contributed by atoms with Gasteiger partial charge in [-0.25, -0.2) is 4.79 Å². The molecule has 90 valence electrons. The second-order valence-electron chi connectivity index (χ2n) is 5.04. The Morgan fingerprint density at radius 2 is 2.19 bits per heavy atom. The number of ether oxygens (including phenoxy) is 1. The fourth-order valence-electron chi connectivity index (χ4n) is 3.17. The number of hydrogen-bond donors (Lipinski definition) is 2. The van der Waals surface area contributed by atoms with Crippen molar-refractivity contribution < 1.29 is 9.53 Å². The Kier molecular flexibility index (Phi) is 2.52. The Balaban J connectivity index is 1.81. The number of carbonyl (C=O) groups excluding carboxylic acids is 1. The fourth-order valence-corrected chi connectivity index (χ4v) is 3.17. The van der Waals surface area contributed by atoms with Crippen LogP contribution in [-0.2, 0) is 4.74 Å². The molecule has 5 heteroatoms. The van der Waals surface area contributed by atoms with E-state index < -0.39 is 0 Å². The van der Waals surface area contributed by atoms with Crippen molar-refractivity contribution in [1.29, 1.82) is 0 Å². The molecule has 0 bridgehead atoms. The van der Waals surface area contributed by atoms with Gasteiger partial charge in [0.2, 0.25) is 0 Å². The summed E-state index contributed by atoms with van der Waals surface area (Å²) in [4.78, 5) is 14.1. The van der Waals surface area contributed by atoms with Gasteiger partial charge < -0.3 is 20.3 Å². The van der Waals surface area contributed by atoms with E-state index >= 15 is 0 Å². The number of amides is 2. The highest BCUT2D eigenvalue weighted by Gasteiger charge is 2.50. The van der Waals surface area contributed by atoms with Crippen molar-refractivity contribution in [3.63, 3.8) is 0 Å². The van der Waals surface area contributed by atoms with Crippen LogP contribution >= 0.6 is 0 Å². The third-order valence-corrected chi connectivity index (χ3v) is 4.05. The zero-order valence-corrected chi connectivity index (χ0v) is 9.50. The highest BCUT2D eigenvalue weighted by Crippen LogP contribution is 2.33. The monoisotopic (exact) mass is 225 g/mol. The molecule has 0 saturated carbocycles. The number of nitrogens with zero attached hydrogens (tertiary/aromatic N) is 1. The molecule has 3 aliphatic heterocycles. The summed E-state index contributed by atoms with van der Waals surface area (Å²) < 4.78 is 5.50.